The lowest BCUT2D eigenvalue weighted by molar-refractivity contribution is -0.141. The maximum Gasteiger partial charge on any atom is 0.306 e. The summed E-state index contributed by atoms with van der Waals surface area (Å²) in [5.41, 5.74) is 2.38. The number of methoxy groups -OCH3 is 1. The number of aryl methyl sites for hydroxylation is 2. The first kappa shape index (κ1) is 16.0. The average Bonchev–Trinajstić information content (AvgIpc) is 2.86. The van der Waals surface area contributed by atoms with Gasteiger partial charge in [-0.3, -0.25) is 14.4 Å². The van der Waals surface area contributed by atoms with Crippen molar-refractivity contribution in [1.82, 2.24) is 19.6 Å². The number of carbonyl (C=O) groups is 1. The highest BCUT2D eigenvalue weighted by molar-refractivity contribution is 5.69. The van der Waals surface area contributed by atoms with Crippen molar-refractivity contribution >= 4 is 5.97 Å². The van der Waals surface area contributed by atoms with Crippen LogP contribution < -0.4 is 0 Å². The van der Waals surface area contributed by atoms with Gasteiger partial charge in [-0.2, -0.15) is 5.10 Å². The first-order chi connectivity index (χ1) is 10.1. The van der Waals surface area contributed by atoms with E-state index in [0.717, 1.165) is 51.5 Å². The molecule has 1 saturated heterocycles. The second-order valence-electron chi connectivity index (χ2n) is 5.54. The zero-order valence-electron chi connectivity index (χ0n) is 13.3. The van der Waals surface area contributed by atoms with Crippen LogP contribution in [0.15, 0.2) is 6.07 Å². The van der Waals surface area contributed by atoms with Crippen molar-refractivity contribution < 1.29 is 9.53 Å². The Labute approximate surface area is 126 Å². The highest BCUT2D eigenvalue weighted by Crippen LogP contribution is 2.10. The smallest absolute Gasteiger partial charge is 0.306 e. The number of nitrogens with zero attached hydrogens (tertiary/aromatic N) is 4. The number of ether oxygens (including phenoxy) is 1. The Morgan fingerprint density at radius 3 is 2.57 bits per heavy atom. The van der Waals surface area contributed by atoms with Gasteiger partial charge in [-0.15, -0.1) is 0 Å². The summed E-state index contributed by atoms with van der Waals surface area (Å²) in [5.74, 6) is -0.125. The number of esters is 1. The SMILES string of the molecule is CCn1nc(C)cc1CN1CCN(CCC(=O)OC)CC1. The third-order valence-corrected chi connectivity index (χ3v) is 4.00. The van der Waals surface area contributed by atoms with E-state index < -0.39 is 0 Å². The van der Waals surface area contributed by atoms with E-state index in [9.17, 15) is 4.79 Å². The maximum absolute atomic E-state index is 11.2. The Balaban J connectivity index is 1.77. The topological polar surface area (TPSA) is 50.6 Å². The van der Waals surface area contributed by atoms with Gasteiger partial charge in [0.25, 0.3) is 0 Å². The van der Waals surface area contributed by atoms with Gasteiger partial charge in [0.2, 0.25) is 0 Å². The van der Waals surface area contributed by atoms with Crippen molar-refractivity contribution in [2.24, 2.45) is 0 Å². The minimum absolute atomic E-state index is 0.125. The molecule has 21 heavy (non-hydrogen) atoms. The first-order valence-corrected chi connectivity index (χ1v) is 7.67. The minimum Gasteiger partial charge on any atom is -0.469 e. The van der Waals surface area contributed by atoms with Gasteiger partial charge < -0.3 is 9.64 Å². The summed E-state index contributed by atoms with van der Waals surface area (Å²) >= 11 is 0. The molecule has 1 aromatic heterocycles. The summed E-state index contributed by atoms with van der Waals surface area (Å²) in [6.07, 6.45) is 0.484. The summed E-state index contributed by atoms with van der Waals surface area (Å²) < 4.78 is 6.77. The van der Waals surface area contributed by atoms with Crippen LogP contribution in [0.2, 0.25) is 0 Å². The average molecular weight is 294 g/mol. The van der Waals surface area contributed by atoms with Gasteiger partial charge in [-0.05, 0) is 19.9 Å². The summed E-state index contributed by atoms with van der Waals surface area (Å²) in [7, 11) is 1.44. The molecule has 6 heteroatoms. The Morgan fingerprint density at radius 1 is 1.29 bits per heavy atom. The summed E-state index contributed by atoms with van der Waals surface area (Å²) in [5, 5.41) is 4.50. The van der Waals surface area contributed by atoms with E-state index >= 15 is 0 Å². The van der Waals surface area contributed by atoms with E-state index in [2.05, 4.69) is 37.3 Å². The maximum atomic E-state index is 11.2. The van der Waals surface area contributed by atoms with E-state index in [0.29, 0.717) is 6.42 Å². The molecule has 0 unspecified atom stereocenters. The van der Waals surface area contributed by atoms with Crippen LogP contribution in [0.25, 0.3) is 0 Å². The van der Waals surface area contributed by atoms with Crippen LogP contribution in [0.3, 0.4) is 0 Å². The fourth-order valence-corrected chi connectivity index (χ4v) is 2.75. The van der Waals surface area contributed by atoms with Crippen molar-refractivity contribution in [2.45, 2.75) is 33.4 Å². The third-order valence-electron chi connectivity index (χ3n) is 4.00. The fraction of sp³-hybridized carbons (Fsp3) is 0.733. The summed E-state index contributed by atoms with van der Waals surface area (Å²) in [6, 6.07) is 2.17. The molecule has 1 fully saturated rings. The molecule has 0 atom stereocenters. The molecule has 0 N–H and O–H groups in total. The molecule has 0 radical (unpaired) electrons. The van der Waals surface area contributed by atoms with E-state index in [1.807, 2.05) is 6.92 Å². The minimum atomic E-state index is -0.125. The van der Waals surface area contributed by atoms with Gasteiger partial charge in [0.05, 0.1) is 24.9 Å². The van der Waals surface area contributed by atoms with E-state index in [1.54, 1.807) is 0 Å². The lowest BCUT2D eigenvalue weighted by Gasteiger charge is -2.34. The van der Waals surface area contributed by atoms with Crippen molar-refractivity contribution in [3.05, 3.63) is 17.5 Å². The molecule has 2 rings (SSSR count). The van der Waals surface area contributed by atoms with E-state index in [-0.39, 0.29) is 5.97 Å². The molecule has 0 saturated carbocycles. The summed E-state index contributed by atoms with van der Waals surface area (Å²) in [6.45, 7) is 10.9. The molecule has 0 aromatic carbocycles. The van der Waals surface area contributed by atoms with Crippen molar-refractivity contribution in [3.63, 3.8) is 0 Å². The largest absolute Gasteiger partial charge is 0.469 e. The van der Waals surface area contributed by atoms with Crippen LogP contribution >= 0.6 is 0 Å². The Hall–Kier alpha value is -1.40. The molecular weight excluding hydrogens is 268 g/mol. The van der Waals surface area contributed by atoms with Crippen molar-refractivity contribution in [2.75, 3.05) is 39.8 Å². The first-order valence-electron chi connectivity index (χ1n) is 7.67. The monoisotopic (exact) mass is 294 g/mol. The summed E-state index contributed by atoms with van der Waals surface area (Å²) in [4.78, 5) is 15.9. The lowest BCUT2D eigenvalue weighted by Crippen LogP contribution is -2.46. The van der Waals surface area contributed by atoms with Crippen molar-refractivity contribution in [3.8, 4) is 0 Å². The van der Waals surface area contributed by atoms with Gasteiger partial charge in [0.1, 0.15) is 0 Å². The zero-order valence-corrected chi connectivity index (χ0v) is 13.3. The molecular formula is C15H26N4O2. The quantitative estimate of drug-likeness (QED) is 0.729. The molecule has 0 amide bonds. The van der Waals surface area contributed by atoms with Crippen LogP contribution in [-0.2, 0) is 22.6 Å². The second-order valence-corrected chi connectivity index (χ2v) is 5.54. The van der Waals surface area contributed by atoms with E-state index in [1.165, 1.54) is 12.8 Å². The number of hydrogen-bond donors (Lipinski definition) is 0. The van der Waals surface area contributed by atoms with Gasteiger partial charge in [-0.1, -0.05) is 0 Å². The molecule has 1 aromatic rings. The zero-order chi connectivity index (χ0) is 15.2. The predicted molar refractivity (Wildman–Crippen MR) is 81.0 cm³/mol. The molecule has 1 aliphatic heterocycles. The third kappa shape index (κ3) is 4.54. The van der Waals surface area contributed by atoms with E-state index in [4.69, 9.17) is 0 Å². The standard InChI is InChI=1S/C15H26N4O2/c1-4-19-14(11-13(2)16-19)12-18-9-7-17(8-10-18)6-5-15(20)21-3/h11H,4-10,12H2,1-3H3. The van der Waals surface area contributed by atoms with Gasteiger partial charge in [0, 0.05) is 45.8 Å². The van der Waals surface area contributed by atoms with Crippen LogP contribution in [0.5, 0.6) is 0 Å². The van der Waals surface area contributed by atoms with Gasteiger partial charge in [0.15, 0.2) is 0 Å². The normalized spacial score (nSPS) is 17.1. The molecule has 2 heterocycles. The van der Waals surface area contributed by atoms with Crippen LogP contribution in [0.4, 0.5) is 0 Å². The highest BCUT2D eigenvalue weighted by Gasteiger charge is 2.19. The van der Waals surface area contributed by atoms with Gasteiger partial charge in [-0.25, -0.2) is 0 Å². The number of carbonyl (C=O) groups excluding carboxylic acids is 1. The highest BCUT2D eigenvalue weighted by atomic mass is 16.5. The second kappa shape index (κ2) is 7.56. The molecule has 118 valence electrons. The molecule has 0 bridgehead atoms. The van der Waals surface area contributed by atoms with Crippen LogP contribution in [0.1, 0.15) is 24.7 Å². The predicted octanol–water partition coefficient (Wildman–Crippen LogP) is 0.892. The number of hydrogen-bond acceptors (Lipinski definition) is 5. The number of piperazine rings is 1. The Kier molecular flexibility index (Phi) is 5.76. The van der Waals surface area contributed by atoms with Gasteiger partial charge >= 0.3 is 5.97 Å². The molecule has 0 aliphatic carbocycles. The molecule has 0 spiro atoms. The van der Waals surface area contributed by atoms with Crippen LogP contribution in [-0.4, -0.2) is 65.4 Å². The fourth-order valence-electron chi connectivity index (χ4n) is 2.75. The number of rotatable bonds is 6. The Morgan fingerprint density at radius 2 is 1.95 bits per heavy atom. The molecule has 1 aliphatic rings. The molecule has 6 nitrogen and oxygen atoms in total. The van der Waals surface area contributed by atoms with Crippen molar-refractivity contribution in [1.29, 1.82) is 0 Å². The Bertz CT molecular complexity index is 464. The van der Waals surface area contributed by atoms with Crippen LogP contribution in [0, 0.1) is 6.92 Å². The lowest BCUT2D eigenvalue weighted by atomic mass is 10.2. The number of aromatic nitrogens is 2.